The molecule has 2 N–H and O–H groups in total. The molecule has 0 aliphatic carbocycles. The fourth-order valence-electron chi connectivity index (χ4n) is 1.96. The second-order valence-electron chi connectivity index (χ2n) is 4.41. The molecule has 0 spiro atoms. The molecule has 1 heterocycles. The highest BCUT2D eigenvalue weighted by molar-refractivity contribution is 5.80. The summed E-state index contributed by atoms with van der Waals surface area (Å²) in [4.78, 5) is 22.6. The van der Waals surface area contributed by atoms with Crippen molar-refractivity contribution in [1.82, 2.24) is 10.6 Å². The summed E-state index contributed by atoms with van der Waals surface area (Å²) in [7, 11) is 0. The summed E-state index contributed by atoms with van der Waals surface area (Å²) in [5, 5.41) is 5.51. The van der Waals surface area contributed by atoms with Crippen molar-refractivity contribution >= 4 is 11.8 Å². The Balaban J connectivity index is 1.77. The van der Waals surface area contributed by atoms with Gasteiger partial charge in [0.25, 0.3) is 0 Å². The molecule has 2 amide bonds. The van der Waals surface area contributed by atoms with Crippen LogP contribution in [0, 0.1) is 5.82 Å². The predicted octanol–water partition coefficient (Wildman–Crippen LogP) is 0.763. The van der Waals surface area contributed by atoms with Gasteiger partial charge in [0.15, 0.2) is 0 Å². The van der Waals surface area contributed by atoms with Gasteiger partial charge in [0, 0.05) is 19.0 Å². The van der Waals surface area contributed by atoms with Crippen molar-refractivity contribution in [1.29, 1.82) is 0 Å². The molecule has 96 valence electrons. The van der Waals surface area contributed by atoms with E-state index in [1.807, 2.05) is 0 Å². The standard InChI is InChI=1S/C13H15FN2O2/c14-10-3-1-2-9(6-10)7-13(18)15-8-11-4-5-12(17)16-11/h1-3,6,11H,4-5,7-8H2,(H,15,18)(H,16,17). The van der Waals surface area contributed by atoms with Gasteiger partial charge in [0.1, 0.15) is 5.82 Å². The van der Waals surface area contributed by atoms with Crippen LogP contribution >= 0.6 is 0 Å². The van der Waals surface area contributed by atoms with Crippen molar-refractivity contribution in [3.8, 4) is 0 Å². The van der Waals surface area contributed by atoms with Crippen molar-refractivity contribution in [2.45, 2.75) is 25.3 Å². The number of hydrogen-bond acceptors (Lipinski definition) is 2. The van der Waals surface area contributed by atoms with Crippen LogP contribution in [-0.2, 0) is 16.0 Å². The van der Waals surface area contributed by atoms with E-state index < -0.39 is 0 Å². The number of rotatable bonds is 4. The summed E-state index contributed by atoms with van der Waals surface area (Å²) in [5.74, 6) is -0.482. The maximum atomic E-state index is 12.9. The van der Waals surface area contributed by atoms with E-state index in [0.29, 0.717) is 18.5 Å². The monoisotopic (exact) mass is 250 g/mol. The Kier molecular flexibility index (Phi) is 3.92. The van der Waals surface area contributed by atoms with E-state index in [4.69, 9.17) is 0 Å². The average Bonchev–Trinajstić information content (AvgIpc) is 2.73. The van der Waals surface area contributed by atoms with Gasteiger partial charge in [-0.3, -0.25) is 9.59 Å². The van der Waals surface area contributed by atoms with Crippen LogP contribution in [-0.4, -0.2) is 24.4 Å². The normalized spacial score (nSPS) is 18.5. The summed E-state index contributed by atoms with van der Waals surface area (Å²) in [6, 6.07) is 6.00. The van der Waals surface area contributed by atoms with E-state index in [9.17, 15) is 14.0 Å². The molecular formula is C13H15FN2O2. The number of amides is 2. The first-order valence-electron chi connectivity index (χ1n) is 5.94. The minimum absolute atomic E-state index is 0.0222. The highest BCUT2D eigenvalue weighted by atomic mass is 19.1. The molecule has 2 rings (SSSR count). The van der Waals surface area contributed by atoms with Crippen LogP contribution < -0.4 is 10.6 Å². The Morgan fingerprint density at radius 2 is 2.33 bits per heavy atom. The second kappa shape index (κ2) is 5.62. The number of halogens is 1. The van der Waals surface area contributed by atoms with Gasteiger partial charge in [-0.1, -0.05) is 12.1 Å². The van der Waals surface area contributed by atoms with Crippen LogP contribution in [0.25, 0.3) is 0 Å². The highest BCUT2D eigenvalue weighted by Gasteiger charge is 2.20. The van der Waals surface area contributed by atoms with Crippen molar-refractivity contribution in [2.24, 2.45) is 0 Å². The molecule has 1 atom stereocenters. The Morgan fingerprint density at radius 3 is 3.00 bits per heavy atom. The average molecular weight is 250 g/mol. The number of nitrogens with one attached hydrogen (secondary N) is 2. The molecule has 0 aromatic heterocycles. The molecule has 0 bridgehead atoms. The van der Waals surface area contributed by atoms with E-state index in [1.54, 1.807) is 12.1 Å². The van der Waals surface area contributed by atoms with Crippen LogP contribution in [0.1, 0.15) is 18.4 Å². The molecule has 5 heteroatoms. The third kappa shape index (κ3) is 3.55. The second-order valence-corrected chi connectivity index (χ2v) is 4.41. The summed E-state index contributed by atoms with van der Waals surface area (Å²) in [6.07, 6.45) is 1.42. The zero-order valence-corrected chi connectivity index (χ0v) is 9.91. The van der Waals surface area contributed by atoms with Crippen molar-refractivity contribution < 1.29 is 14.0 Å². The summed E-state index contributed by atoms with van der Waals surface area (Å²) in [6.45, 7) is 0.430. The zero-order chi connectivity index (χ0) is 13.0. The first-order chi connectivity index (χ1) is 8.63. The van der Waals surface area contributed by atoms with Gasteiger partial charge in [-0.25, -0.2) is 4.39 Å². The van der Waals surface area contributed by atoms with Gasteiger partial charge in [0.2, 0.25) is 11.8 Å². The van der Waals surface area contributed by atoms with Crippen molar-refractivity contribution in [3.63, 3.8) is 0 Å². The number of carbonyl (C=O) groups excluding carboxylic acids is 2. The molecule has 1 aliphatic rings. The van der Waals surface area contributed by atoms with Gasteiger partial charge in [0.05, 0.1) is 6.42 Å². The number of benzene rings is 1. The molecule has 18 heavy (non-hydrogen) atoms. The lowest BCUT2D eigenvalue weighted by atomic mass is 10.1. The number of hydrogen-bond donors (Lipinski definition) is 2. The van der Waals surface area contributed by atoms with E-state index >= 15 is 0 Å². The maximum Gasteiger partial charge on any atom is 0.224 e. The van der Waals surface area contributed by atoms with Gasteiger partial charge in [-0.05, 0) is 24.1 Å². The molecule has 0 saturated carbocycles. The van der Waals surface area contributed by atoms with E-state index in [1.165, 1.54) is 12.1 Å². The van der Waals surface area contributed by atoms with Gasteiger partial charge < -0.3 is 10.6 Å². The van der Waals surface area contributed by atoms with Gasteiger partial charge in [-0.2, -0.15) is 0 Å². The van der Waals surface area contributed by atoms with Crippen LogP contribution in [0.5, 0.6) is 0 Å². The zero-order valence-electron chi connectivity index (χ0n) is 9.91. The lowest BCUT2D eigenvalue weighted by Crippen LogP contribution is -2.38. The smallest absolute Gasteiger partial charge is 0.224 e. The highest BCUT2D eigenvalue weighted by Crippen LogP contribution is 2.06. The third-order valence-corrected chi connectivity index (χ3v) is 2.88. The van der Waals surface area contributed by atoms with Crippen LogP contribution in [0.4, 0.5) is 4.39 Å². The maximum absolute atomic E-state index is 12.9. The van der Waals surface area contributed by atoms with Gasteiger partial charge >= 0.3 is 0 Å². The van der Waals surface area contributed by atoms with Crippen LogP contribution in [0.3, 0.4) is 0 Å². The quantitative estimate of drug-likeness (QED) is 0.829. The molecule has 0 radical (unpaired) electrons. The summed E-state index contributed by atoms with van der Waals surface area (Å²) >= 11 is 0. The fraction of sp³-hybridized carbons (Fsp3) is 0.385. The largest absolute Gasteiger partial charge is 0.354 e. The molecule has 1 fully saturated rings. The summed E-state index contributed by atoms with van der Waals surface area (Å²) in [5.41, 5.74) is 0.642. The molecule has 1 saturated heterocycles. The molecular weight excluding hydrogens is 235 g/mol. The fourth-order valence-corrected chi connectivity index (χ4v) is 1.96. The molecule has 1 aromatic carbocycles. The topological polar surface area (TPSA) is 58.2 Å². The lowest BCUT2D eigenvalue weighted by molar-refractivity contribution is -0.121. The van der Waals surface area contributed by atoms with E-state index in [0.717, 1.165) is 6.42 Å². The first-order valence-corrected chi connectivity index (χ1v) is 5.94. The Hall–Kier alpha value is -1.91. The lowest BCUT2D eigenvalue weighted by Gasteiger charge is -2.11. The van der Waals surface area contributed by atoms with Crippen LogP contribution in [0.2, 0.25) is 0 Å². The molecule has 1 aliphatic heterocycles. The summed E-state index contributed by atoms with van der Waals surface area (Å²) < 4.78 is 12.9. The van der Waals surface area contributed by atoms with Crippen molar-refractivity contribution in [2.75, 3.05) is 6.54 Å². The Bertz CT molecular complexity index is 462. The molecule has 4 nitrogen and oxygen atoms in total. The van der Waals surface area contributed by atoms with E-state index in [2.05, 4.69) is 10.6 Å². The Morgan fingerprint density at radius 1 is 1.50 bits per heavy atom. The predicted molar refractivity (Wildman–Crippen MR) is 64.3 cm³/mol. The van der Waals surface area contributed by atoms with Crippen LogP contribution in [0.15, 0.2) is 24.3 Å². The minimum atomic E-state index is -0.344. The van der Waals surface area contributed by atoms with E-state index in [-0.39, 0.29) is 30.1 Å². The first kappa shape index (κ1) is 12.5. The Labute approximate surface area is 105 Å². The minimum Gasteiger partial charge on any atom is -0.354 e. The SMILES string of the molecule is O=C(Cc1cccc(F)c1)NCC1CCC(=O)N1. The molecule has 1 aromatic rings. The van der Waals surface area contributed by atoms with Gasteiger partial charge in [-0.15, -0.1) is 0 Å². The number of carbonyl (C=O) groups is 2. The third-order valence-electron chi connectivity index (χ3n) is 2.88. The molecule has 1 unspecified atom stereocenters. The van der Waals surface area contributed by atoms with Crippen molar-refractivity contribution in [3.05, 3.63) is 35.6 Å².